The molecule has 0 bridgehead atoms. The van der Waals surface area contributed by atoms with Crippen molar-refractivity contribution in [1.82, 2.24) is 0 Å². The number of carbonyl (C=O) groups is 1. The molecule has 1 aliphatic rings. The Hall–Kier alpha value is -1.45. The number of hydrogen-bond donors (Lipinski definition) is 1. The molecule has 2 rings (SSSR count). The Morgan fingerprint density at radius 2 is 2.00 bits per heavy atom. The molecule has 110 valence electrons. The molecule has 0 saturated heterocycles. The molecule has 0 heterocycles. The molecule has 4 heteroatoms. The zero-order valence-corrected chi connectivity index (χ0v) is 11.8. The predicted octanol–water partition coefficient (Wildman–Crippen LogP) is 4.21. The van der Waals surface area contributed by atoms with Crippen LogP contribution in [0.5, 0.6) is 0 Å². The molecule has 0 aliphatic heterocycles. The minimum Gasteiger partial charge on any atom is -0.481 e. The largest absolute Gasteiger partial charge is 0.481 e. The van der Waals surface area contributed by atoms with Crippen molar-refractivity contribution in [2.45, 2.75) is 39.0 Å². The van der Waals surface area contributed by atoms with Gasteiger partial charge in [0.15, 0.2) is 0 Å². The van der Waals surface area contributed by atoms with Crippen LogP contribution in [0.3, 0.4) is 0 Å². The number of carboxylic acid groups (broad SMARTS) is 1. The molecule has 1 aliphatic carbocycles. The molecule has 0 amide bonds. The lowest BCUT2D eigenvalue weighted by Gasteiger charge is -2.36. The Kier molecular flexibility index (Phi) is 4.41. The van der Waals surface area contributed by atoms with Crippen molar-refractivity contribution in [2.24, 2.45) is 17.8 Å². The van der Waals surface area contributed by atoms with Crippen molar-refractivity contribution >= 4 is 5.97 Å². The van der Waals surface area contributed by atoms with E-state index in [-0.39, 0.29) is 5.56 Å². The Labute approximate surface area is 117 Å². The second kappa shape index (κ2) is 5.90. The highest BCUT2D eigenvalue weighted by atomic mass is 19.1. The first-order valence-electron chi connectivity index (χ1n) is 7.08. The van der Waals surface area contributed by atoms with E-state index in [0.29, 0.717) is 24.7 Å². The van der Waals surface area contributed by atoms with Crippen LogP contribution in [-0.4, -0.2) is 11.1 Å². The molecule has 1 aromatic carbocycles. The van der Waals surface area contributed by atoms with Crippen LogP contribution in [0.1, 0.15) is 44.6 Å². The van der Waals surface area contributed by atoms with Crippen LogP contribution in [0.4, 0.5) is 8.78 Å². The number of hydrogen-bond acceptors (Lipinski definition) is 1. The fourth-order valence-electron chi connectivity index (χ4n) is 3.25. The molecule has 3 unspecified atom stereocenters. The second-order valence-electron chi connectivity index (χ2n) is 6.03. The van der Waals surface area contributed by atoms with Crippen LogP contribution >= 0.6 is 0 Å². The highest BCUT2D eigenvalue weighted by molar-refractivity contribution is 5.71. The van der Waals surface area contributed by atoms with E-state index in [2.05, 4.69) is 13.8 Å². The lowest BCUT2D eigenvalue weighted by atomic mass is 9.68. The summed E-state index contributed by atoms with van der Waals surface area (Å²) in [5.74, 6) is -2.22. The molecule has 1 aromatic rings. The molecule has 1 fully saturated rings. The van der Waals surface area contributed by atoms with E-state index in [1.54, 1.807) is 0 Å². The summed E-state index contributed by atoms with van der Waals surface area (Å²) in [6.07, 6.45) is 1.97. The third kappa shape index (κ3) is 3.00. The number of halogens is 2. The van der Waals surface area contributed by atoms with Gasteiger partial charge in [-0.3, -0.25) is 4.79 Å². The van der Waals surface area contributed by atoms with Gasteiger partial charge < -0.3 is 5.11 Å². The van der Waals surface area contributed by atoms with Crippen LogP contribution in [0.25, 0.3) is 0 Å². The lowest BCUT2D eigenvalue weighted by Crippen LogP contribution is -2.31. The predicted molar refractivity (Wildman–Crippen MR) is 72.4 cm³/mol. The molecular formula is C16H20F2O2. The Morgan fingerprint density at radius 1 is 1.30 bits per heavy atom. The summed E-state index contributed by atoms with van der Waals surface area (Å²) >= 11 is 0. The average Bonchev–Trinajstić information content (AvgIpc) is 2.40. The van der Waals surface area contributed by atoms with Crippen molar-refractivity contribution in [3.8, 4) is 0 Å². The van der Waals surface area contributed by atoms with E-state index in [0.717, 1.165) is 24.6 Å². The first kappa shape index (κ1) is 14.9. The van der Waals surface area contributed by atoms with Gasteiger partial charge in [-0.05, 0) is 54.9 Å². The van der Waals surface area contributed by atoms with Crippen LogP contribution in [0.2, 0.25) is 0 Å². The summed E-state index contributed by atoms with van der Waals surface area (Å²) in [5, 5.41) is 9.34. The van der Waals surface area contributed by atoms with E-state index >= 15 is 0 Å². The molecule has 1 N–H and O–H groups in total. The maximum Gasteiger partial charge on any atom is 0.307 e. The van der Waals surface area contributed by atoms with Crippen molar-refractivity contribution in [2.75, 3.05) is 0 Å². The molecule has 0 spiro atoms. The van der Waals surface area contributed by atoms with E-state index in [1.807, 2.05) is 0 Å². The summed E-state index contributed by atoms with van der Waals surface area (Å²) in [6, 6.07) is 3.30. The van der Waals surface area contributed by atoms with Crippen LogP contribution in [-0.2, 0) is 4.79 Å². The maximum absolute atomic E-state index is 14.0. The van der Waals surface area contributed by atoms with Gasteiger partial charge in [-0.1, -0.05) is 13.8 Å². The highest BCUT2D eigenvalue weighted by Crippen LogP contribution is 2.44. The molecule has 20 heavy (non-hydrogen) atoms. The third-order valence-electron chi connectivity index (χ3n) is 4.51. The molecule has 1 saturated carbocycles. The standard InChI is InChI=1S/C16H20F2O2/c1-9(2)10-3-5-12(16(19)20)13(7-10)14-8-11(17)4-6-15(14)18/h4,6,8-10,12-13H,3,5,7H2,1-2H3,(H,19,20). The van der Waals surface area contributed by atoms with E-state index in [4.69, 9.17) is 0 Å². The zero-order chi connectivity index (χ0) is 14.9. The molecule has 2 nitrogen and oxygen atoms in total. The second-order valence-corrected chi connectivity index (χ2v) is 6.03. The summed E-state index contributed by atoms with van der Waals surface area (Å²) in [5.41, 5.74) is 0.211. The molecule has 3 atom stereocenters. The topological polar surface area (TPSA) is 37.3 Å². The summed E-state index contributed by atoms with van der Waals surface area (Å²) in [7, 11) is 0. The molecule has 0 aromatic heterocycles. The quantitative estimate of drug-likeness (QED) is 0.902. The maximum atomic E-state index is 14.0. The minimum absolute atomic E-state index is 0.211. The third-order valence-corrected chi connectivity index (χ3v) is 4.51. The van der Waals surface area contributed by atoms with Crippen LogP contribution in [0, 0.1) is 29.4 Å². The molecule has 0 radical (unpaired) electrons. The smallest absolute Gasteiger partial charge is 0.307 e. The van der Waals surface area contributed by atoms with E-state index in [1.165, 1.54) is 0 Å². The number of rotatable bonds is 3. The van der Waals surface area contributed by atoms with E-state index in [9.17, 15) is 18.7 Å². The Bertz CT molecular complexity index is 499. The van der Waals surface area contributed by atoms with Gasteiger partial charge in [0.25, 0.3) is 0 Å². The summed E-state index contributed by atoms with van der Waals surface area (Å²) in [4.78, 5) is 11.4. The first-order chi connectivity index (χ1) is 9.40. The van der Waals surface area contributed by atoms with Gasteiger partial charge in [0, 0.05) is 5.92 Å². The fraction of sp³-hybridized carbons (Fsp3) is 0.562. The van der Waals surface area contributed by atoms with E-state index < -0.39 is 29.4 Å². The zero-order valence-electron chi connectivity index (χ0n) is 11.8. The Morgan fingerprint density at radius 3 is 2.60 bits per heavy atom. The highest BCUT2D eigenvalue weighted by Gasteiger charge is 2.38. The Balaban J connectivity index is 2.36. The average molecular weight is 282 g/mol. The van der Waals surface area contributed by atoms with Crippen molar-refractivity contribution in [3.05, 3.63) is 35.4 Å². The van der Waals surface area contributed by atoms with Crippen molar-refractivity contribution < 1.29 is 18.7 Å². The van der Waals surface area contributed by atoms with Crippen molar-refractivity contribution in [1.29, 1.82) is 0 Å². The molecular weight excluding hydrogens is 262 g/mol. The summed E-state index contributed by atoms with van der Waals surface area (Å²) in [6.45, 7) is 4.18. The fourth-order valence-corrected chi connectivity index (χ4v) is 3.25. The monoisotopic (exact) mass is 282 g/mol. The lowest BCUT2D eigenvalue weighted by molar-refractivity contribution is -0.144. The first-order valence-corrected chi connectivity index (χ1v) is 7.08. The number of carboxylic acids is 1. The summed E-state index contributed by atoms with van der Waals surface area (Å²) < 4.78 is 27.3. The van der Waals surface area contributed by atoms with Gasteiger partial charge in [0.1, 0.15) is 11.6 Å². The minimum atomic E-state index is -0.916. The SMILES string of the molecule is CC(C)C1CCC(C(=O)O)C(c2cc(F)ccc2F)C1. The van der Waals surface area contributed by atoms with Gasteiger partial charge in [-0.15, -0.1) is 0 Å². The number of benzene rings is 1. The van der Waals surface area contributed by atoms with Gasteiger partial charge >= 0.3 is 5.97 Å². The van der Waals surface area contributed by atoms with Gasteiger partial charge in [0.05, 0.1) is 5.92 Å². The van der Waals surface area contributed by atoms with Crippen molar-refractivity contribution in [3.63, 3.8) is 0 Å². The number of aliphatic carboxylic acids is 1. The van der Waals surface area contributed by atoms with Gasteiger partial charge in [0.2, 0.25) is 0 Å². The normalized spacial score (nSPS) is 26.8. The van der Waals surface area contributed by atoms with Crippen LogP contribution < -0.4 is 0 Å². The van der Waals surface area contributed by atoms with Gasteiger partial charge in [-0.25, -0.2) is 8.78 Å². The van der Waals surface area contributed by atoms with Gasteiger partial charge in [-0.2, -0.15) is 0 Å². The van der Waals surface area contributed by atoms with Crippen LogP contribution in [0.15, 0.2) is 18.2 Å².